The van der Waals surface area contributed by atoms with E-state index < -0.39 is 0 Å². The molecule has 2 atom stereocenters. The molecule has 0 saturated heterocycles. The monoisotopic (exact) mass is 173 g/mol. The maximum absolute atomic E-state index is 5.47. The van der Waals surface area contributed by atoms with Crippen LogP contribution in [0.2, 0.25) is 0 Å². The highest BCUT2D eigenvalue weighted by atomic mass is 16.5. The lowest BCUT2D eigenvalue weighted by Gasteiger charge is -2.20. The fourth-order valence-corrected chi connectivity index (χ4v) is 1.08. The van der Waals surface area contributed by atoms with E-state index in [0.717, 1.165) is 26.2 Å². The van der Waals surface area contributed by atoms with Gasteiger partial charge in [0.25, 0.3) is 0 Å². The maximum atomic E-state index is 5.47. The van der Waals surface area contributed by atoms with Crippen molar-refractivity contribution in [1.82, 2.24) is 5.32 Å². The van der Waals surface area contributed by atoms with Crippen molar-refractivity contribution in [1.29, 1.82) is 0 Å². The summed E-state index contributed by atoms with van der Waals surface area (Å²) in [6.07, 6.45) is 1.11. The second kappa shape index (κ2) is 7.56. The first-order valence-corrected chi connectivity index (χ1v) is 5.03. The van der Waals surface area contributed by atoms with Crippen molar-refractivity contribution < 1.29 is 4.74 Å². The fraction of sp³-hybridized carbons (Fsp3) is 1.00. The van der Waals surface area contributed by atoms with Crippen LogP contribution in [0.5, 0.6) is 0 Å². The van der Waals surface area contributed by atoms with Crippen LogP contribution in [0.4, 0.5) is 0 Å². The quantitative estimate of drug-likeness (QED) is 0.595. The Morgan fingerprint density at radius 1 is 1.25 bits per heavy atom. The molecular formula is C10H23NO. The molecule has 0 spiro atoms. The van der Waals surface area contributed by atoms with Gasteiger partial charge in [0.2, 0.25) is 0 Å². The van der Waals surface area contributed by atoms with Gasteiger partial charge in [0.15, 0.2) is 0 Å². The van der Waals surface area contributed by atoms with E-state index in [4.69, 9.17) is 4.74 Å². The number of nitrogens with one attached hydrogen (secondary N) is 1. The summed E-state index contributed by atoms with van der Waals surface area (Å²) >= 11 is 0. The summed E-state index contributed by atoms with van der Waals surface area (Å²) in [5, 5.41) is 3.39. The molecule has 0 aromatic heterocycles. The number of rotatable bonds is 7. The molecule has 0 aromatic rings. The third-order valence-electron chi connectivity index (χ3n) is 2.11. The van der Waals surface area contributed by atoms with E-state index in [1.54, 1.807) is 0 Å². The summed E-state index contributed by atoms with van der Waals surface area (Å²) in [5.41, 5.74) is 0. The van der Waals surface area contributed by atoms with Gasteiger partial charge in [-0.05, 0) is 25.8 Å². The largest absolute Gasteiger partial charge is 0.381 e. The summed E-state index contributed by atoms with van der Waals surface area (Å²) in [5.74, 6) is 0.608. The Morgan fingerprint density at radius 2 is 1.92 bits per heavy atom. The van der Waals surface area contributed by atoms with Crippen LogP contribution in [0.25, 0.3) is 0 Å². The van der Waals surface area contributed by atoms with Crippen molar-refractivity contribution >= 4 is 0 Å². The molecule has 1 N–H and O–H groups in total. The normalized spacial score (nSPS) is 16.0. The minimum absolute atomic E-state index is 0.562. The van der Waals surface area contributed by atoms with Gasteiger partial charge in [-0.2, -0.15) is 0 Å². The minimum Gasteiger partial charge on any atom is -0.381 e. The molecule has 74 valence electrons. The molecule has 0 radical (unpaired) electrons. The molecule has 0 saturated carbocycles. The summed E-state index contributed by atoms with van der Waals surface area (Å²) in [7, 11) is 0. The molecule has 12 heavy (non-hydrogen) atoms. The Morgan fingerprint density at radius 3 is 2.42 bits per heavy atom. The first-order chi connectivity index (χ1) is 5.72. The van der Waals surface area contributed by atoms with E-state index >= 15 is 0 Å². The van der Waals surface area contributed by atoms with E-state index in [2.05, 4.69) is 33.0 Å². The first-order valence-electron chi connectivity index (χ1n) is 5.03. The third-order valence-corrected chi connectivity index (χ3v) is 2.11. The van der Waals surface area contributed by atoms with Gasteiger partial charge < -0.3 is 10.1 Å². The molecule has 2 nitrogen and oxygen atoms in total. The van der Waals surface area contributed by atoms with Crippen LogP contribution < -0.4 is 5.32 Å². The molecule has 2 heteroatoms. The summed E-state index contributed by atoms with van der Waals surface area (Å²) < 4.78 is 5.47. The lowest BCUT2D eigenvalue weighted by atomic mass is 10.1. The summed E-state index contributed by atoms with van der Waals surface area (Å²) in [4.78, 5) is 0. The lowest BCUT2D eigenvalue weighted by molar-refractivity contribution is 0.0941. The highest BCUT2D eigenvalue weighted by Gasteiger charge is 2.09. The number of hydrogen-bond acceptors (Lipinski definition) is 2. The lowest BCUT2D eigenvalue weighted by Crippen LogP contribution is -2.34. The zero-order valence-electron chi connectivity index (χ0n) is 8.89. The smallest absolute Gasteiger partial charge is 0.0506 e. The molecule has 0 aliphatic heterocycles. The van der Waals surface area contributed by atoms with Gasteiger partial charge in [-0.3, -0.25) is 0 Å². The van der Waals surface area contributed by atoms with Crippen LogP contribution >= 0.6 is 0 Å². The van der Waals surface area contributed by atoms with Crippen LogP contribution in [0, 0.1) is 5.92 Å². The van der Waals surface area contributed by atoms with E-state index in [0.29, 0.717) is 12.0 Å². The van der Waals surface area contributed by atoms with E-state index in [-0.39, 0.29) is 0 Å². The highest BCUT2D eigenvalue weighted by molar-refractivity contribution is 4.66. The Kier molecular flexibility index (Phi) is 7.51. The Labute approximate surface area is 76.7 Å². The predicted octanol–water partition coefficient (Wildman–Crippen LogP) is 2.05. The van der Waals surface area contributed by atoms with Gasteiger partial charge in [0.05, 0.1) is 6.61 Å². The molecule has 0 bridgehead atoms. The molecule has 0 aliphatic rings. The predicted molar refractivity (Wildman–Crippen MR) is 53.4 cm³/mol. The van der Waals surface area contributed by atoms with Gasteiger partial charge in [0, 0.05) is 12.6 Å². The zero-order chi connectivity index (χ0) is 9.40. The molecule has 0 amide bonds. The molecule has 2 unspecified atom stereocenters. The number of ether oxygens (including phenoxy) is 1. The molecule has 0 heterocycles. The minimum atomic E-state index is 0.562. The highest BCUT2D eigenvalue weighted by Crippen LogP contribution is 2.02. The third kappa shape index (κ3) is 5.56. The van der Waals surface area contributed by atoms with Crippen molar-refractivity contribution in [2.75, 3.05) is 19.8 Å². The van der Waals surface area contributed by atoms with Crippen LogP contribution in [-0.4, -0.2) is 25.8 Å². The second-order valence-electron chi connectivity index (χ2n) is 3.40. The van der Waals surface area contributed by atoms with Crippen molar-refractivity contribution in [2.24, 2.45) is 5.92 Å². The average molecular weight is 173 g/mol. The van der Waals surface area contributed by atoms with Crippen molar-refractivity contribution in [2.45, 2.75) is 40.2 Å². The molecule has 0 aliphatic carbocycles. The van der Waals surface area contributed by atoms with Gasteiger partial charge in [-0.1, -0.05) is 20.8 Å². The van der Waals surface area contributed by atoms with Crippen molar-refractivity contribution in [3.05, 3.63) is 0 Å². The van der Waals surface area contributed by atoms with E-state index in [1.807, 2.05) is 0 Å². The van der Waals surface area contributed by atoms with Crippen molar-refractivity contribution in [3.63, 3.8) is 0 Å². The average Bonchev–Trinajstić information content (AvgIpc) is 2.05. The summed E-state index contributed by atoms with van der Waals surface area (Å²) in [6, 6.07) is 0.562. The fourth-order valence-electron chi connectivity index (χ4n) is 1.08. The topological polar surface area (TPSA) is 21.3 Å². The van der Waals surface area contributed by atoms with Gasteiger partial charge in [0.1, 0.15) is 0 Å². The summed E-state index contributed by atoms with van der Waals surface area (Å²) in [6.45, 7) is 11.5. The molecule has 0 fully saturated rings. The zero-order valence-corrected chi connectivity index (χ0v) is 8.89. The Bertz CT molecular complexity index is 95.8. The van der Waals surface area contributed by atoms with Gasteiger partial charge in [-0.25, -0.2) is 0 Å². The van der Waals surface area contributed by atoms with Crippen LogP contribution in [-0.2, 0) is 4.74 Å². The molecule has 0 aromatic carbocycles. The van der Waals surface area contributed by atoms with E-state index in [1.165, 1.54) is 0 Å². The Hall–Kier alpha value is -0.0800. The maximum Gasteiger partial charge on any atom is 0.0506 e. The van der Waals surface area contributed by atoms with E-state index in [9.17, 15) is 0 Å². The first kappa shape index (κ1) is 11.9. The van der Waals surface area contributed by atoms with Gasteiger partial charge >= 0.3 is 0 Å². The van der Waals surface area contributed by atoms with Crippen molar-refractivity contribution in [3.8, 4) is 0 Å². The number of hydrogen-bond donors (Lipinski definition) is 1. The van der Waals surface area contributed by atoms with Crippen LogP contribution in [0.15, 0.2) is 0 Å². The SMILES string of the molecule is CCCOCC(C)C(C)NCC. The van der Waals surface area contributed by atoms with Crippen LogP contribution in [0.3, 0.4) is 0 Å². The molecular weight excluding hydrogens is 150 g/mol. The van der Waals surface area contributed by atoms with Crippen LogP contribution in [0.1, 0.15) is 34.1 Å². The van der Waals surface area contributed by atoms with Gasteiger partial charge in [-0.15, -0.1) is 0 Å². The standard InChI is InChI=1S/C10H23NO/c1-5-7-12-8-9(3)10(4)11-6-2/h9-11H,5-8H2,1-4H3. The Balaban J connectivity index is 3.35. The second-order valence-corrected chi connectivity index (χ2v) is 3.40. The molecule has 0 rings (SSSR count).